The number of nitrogens with zero attached hydrogens (tertiary/aromatic N) is 1. The van der Waals surface area contributed by atoms with Gasteiger partial charge >= 0.3 is 5.97 Å². The van der Waals surface area contributed by atoms with E-state index in [0.717, 1.165) is 0 Å². The lowest BCUT2D eigenvalue weighted by atomic mass is 10.1. The number of aromatic nitrogens is 1. The third-order valence-electron chi connectivity index (χ3n) is 2.84. The Morgan fingerprint density at radius 2 is 2.05 bits per heavy atom. The number of pyridine rings is 1. The number of aryl methyl sites for hydroxylation is 1. The van der Waals surface area contributed by atoms with Crippen LogP contribution in [0.5, 0.6) is 0 Å². The van der Waals surface area contributed by atoms with Gasteiger partial charge in [0.05, 0.1) is 29.5 Å². The van der Waals surface area contributed by atoms with E-state index in [2.05, 4.69) is 14.4 Å². The minimum atomic E-state index is -3.79. The molecule has 0 radical (unpaired) electrons. The number of rotatable bonds is 4. The molecule has 0 amide bonds. The lowest BCUT2D eigenvalue weighted by molar-refractivity contribution is 0.0599. The maximum Gasteiger partial charge on any atom is 0.338 e. The second kappa shape index (κ2) is 5.92. The molecule has 0 unspecified atom stereocenters. The number of esters is 1. The molecular weight excluding hydrogens is 292 g/mol. The summed E-state index contributed by atoms with van der Waals surface area (Å²) < 4.78 is 31.6. The van der Waals surface area contributed by atoms with Crippen LogP contribution in [0.4, 0.5) is 5.69 Å². The first-order chi connectivity index (χ1) is 9.94. The van der Waals surface area contributed by atoms with Crippen molar-refractivity contribution in [2.75, 3.05) is 11.8 Å². The van der Waals surface area contributed by atoms with Gasteiger partial charge in [-0.3, -0.25) is 9.71 Å². The molecule has 0 bridgehead atoms. The second-order valence-corrected chi connectivity index (χ2v) is 6.00. The van der Waals surface area contributed by atoms with Gasteiger partial charge in [-0.05, 0) is 36.8 Å². The van der Waals surface area contributed by atoms with Crippen LogP contribution in [0.15, 0.2) is 47.6 Å². The van der Waals surface area contributed by atoms with Gasteiger partial charge in [0, 0.05) is 6.20 Å². The molecule has 1 N–H and O–H groups in total. The van der Waals surface area contributed by atoms with E-state index < -0.39 is 16.0 Å². The number of methoxy groups -OCH3 is 1. The molecule has 110 valence electrons. The summed E-state index contributed by atoms with van der Waals surface area (Å²) in [5.41, 5.74) is 1.20. The summed E-state index contributed by atoms with van der Waals surface area (Å²) in [4.78, 5) is 15.4. The Balaban J connectivity index is 2.39. The molecule has 21 heavy (non-hydrogen) atoms. The Hall–Kier alpha value is -2.41. The zero-order valence-corrected chi connectivity index (χ0v) is 12.3. The number of nitrogens with one attached hydrogen (secondary N) is 1. The van der Waals surface area contributed by atoms with Crippen LogP contribution < -0.4 is 4.72 Å². The maximum atomic E-state index is 12.3. The normalized spacial score (nSPS) is 11.0. The summed E-state index contributed by atoms with van der Waals surface area (Å²) in [6, 6.07) is 7.48. The van der Waals surface area contributed by atoms with Gasteiger partial charge in [0.2, 0.25) is 0 Å². The molecule has 1 aromatic heterocycles. The van der Waals surface area contributed by atoms with Crippen LogP contribution in [0, 0.1) is 6.92 Å². The molecule has 2 rings (SSSR count). The predicted molar refractivity (Wildman–Crippen MR) is 77.6 cm³/mol. The smallest absolute Gasteiger partial charge is 0.338 e. The second-order valence-electron chi connectivity index (χ2n) is 4.32. The summed E-state index contributed by atoms with van der Waals surface area (Å²) in [6.45, 7) is 1.71. The number of carbonyl (C=O) groups is 1. The van der Waals surface area contributed by atoms with Crippen molar-refractivity contribution in [3.05, 3.63) is 53.9 Å². The summed E-state index contributed by atoms with van der Waals surface area (Å²) in [5.74, 6) is -0.578. The average Bonchev–Trinajstić information content (AvgIpc) is 2.47. The number of sulfonamides is 1. The van der Waals surface area contributed by atoms with Crippen LogP contribution in [-0.2, 0) is 14.8 Å². The number of hydrogen-bond donors (Lipinski definition) is 1. The molecule has 0 aliphatic rings. The van der Waals surface area contributed by atoms with Crippen molar-refractivity contribution in [1.82, 2.24) is 4.98 Å². The third kappa shape index (κ3) is 3.38. The summed E-state index contributed by atoms with van der Waals surface area (Å²) in [5, 5.41) is 0. The van der Waals surface area contributed by atoms with Crippen LogP contribution in [0.25, 0.3) is 0 Å². The van der Waals surface area contributed by atoms with E-state index >= 15 is 0 Å². The van der Waals surface area contributed by atoms with Gasteiger partial charge in [0.15, 0.2) is 0 Å². The molecule has 2 aromatic rings. The number of anilines is 1. The van der Waals surface area contributed by atoms with Crippen molar-refractivity contribution in [2.45, 2.75) is 11.8 Å². The van der Waals surface area contributed by atoms with Gasteiger partial charge < -0.3 is 4.74 Å². The minimum Gasteiger partial charge on any atom is -0.465 e. The predicted octanol–water partition coefficient (Wildman–Crippen LogP) is 1.98. The zero-order chi connectivity index (χ0) is 15.5. The van der Waals surface area contributed by atoms with E-state index in [-0.39, 0.29) is 10.5 Å². The third-order valence-corrected chi connectivity index (χ3v) is 4.22. The fourth-order valence-corrected chi connectivity index (χ4v) is 2.80. The molecule has 0 aliphatic heterocycles. The van der Waals surface area contributed by atoms with Crippen molar-refractivity contribution in [3.63, 3.8) is 0 Å². The van der Waals surface area contributed by atoms with Crippen molar-refractivity contribution in [1.29, 1.82) is 0 Å². The molecule has 0 fully saturated rings. The van der Waals surface area contributed by atoms with Crippen molar-refractivity contribution in [2.24, 2.45) is 0 Å². The van der Waals surface area contributed by atoms with Crippen LogP contribution >= 0.6 is 0 Å². The summed E-state index contributed by atoms with van der Waals surface area (Å²) >= 11 is 0. The van der Waals surface area contributed by atoms with Gasteiger partial charge in [-0.25, -0.2) is 13.2 Å². The molecule has 7 heteroatoms. The summed E-state index contributed by atoms with van der Waals surface area (Å²) in [6.07, 6.45) is 2.94. The van der Waals surface area contributed by atoms with E-state index in [1.54, 1.807) is 31.3 Å². The van der Waals surface area contributed by atoms with E-state index in [4.69, 9.17) is 0 Å². The fourth-order valence-electron chi connectivity index (χ4n) is 1.74. The van der Waals surface area contributed by atoms with Crippen LogP contribution in [-0.4, -0.2) is 26.5 Å². The quantitative estimate of drug-likeness (QED) is 0.873. The number of ether oxygens (including phenoxy) is 1. The summed E-state index contributed by atoms with van der Waals surface area (Å²) in [7, 11) is -2.55. The van der Waals surface area contributed by atoms with Crippen molar-refractivity contribution < 1.29 is 17.9 Å². The monoisotopic (exact) mass is 306 g/mol. The van der Waals surface area contributed by atoms with Crippen LogP contribution in [0.1, 0.15) is 15.9 Å². The zero-order valence-electron chi connectivity index (χ0n) is 11.5. The Kier molecular flexibility index (Phi) is 4.23. The lowest BCUT2D eigenvalue weighted by Gasteiger charge is -2.10. The highest BCUT2D eigenvalue weighted by molar-refractivity contribution is 7.92. The van der Waals surface area contributed by atoms with Crippen LogP contribution in [0.3, 0.4) is 0 Å². The maximum absolute atomic E-state index is 12.3. The Bertz CT molecular complexity index is 758. The average molecular weight is 306 g/mol. The van der Waals surface area contributed by atoms with Crippen LogP contribution in [0.2, 0.25) is 0 Å². The highest BCUT2D eigenvalue weighted by Crippen LogP contribution is 2.19. The van der Waals surface area contributed by atoms with Gasteiger partial charge in [-0.2, -0.15) is 0 Å². The molecule has 0 saturated carbocycles. The Morgan fingerprint density at radius 3 is 2.67 bits per heavy atom. The van der Waals surface area contributed by atoms with E-state index in [1.165, 1.54) is 25.4 Å². The molecule has 0 spiro atoms. The van der Waals surface area contributed by atoms with Gasteiger partial charge in [0.25, 0.3) is 10.0 Å². The van der Waals surface area contributed by atoms with Gasteiger partial charge in [-0.1, -0.05) is 6.07 Å². The molecule has 1 heterocycles. The fraction of sp³-hybridized carbons (Fsp3) is 0.143. The Morgan fingerprint density at radius 1 is 1.29 bits per heavy atom. The molecule has 0 saturated heterocycles. The number of benzene rings is 1. The first-order valence-electron chi connectivity index (χ1n) is 6.06. The largest absolute Gasteiger partial charge is 0.465 e. The van der Waals surface area contributed by atoms with E-state index in [0.29, 0.717) is 11.3 Å². The highest BCUT2D eigenvalue weighted by Gasteiger charge is 2.18. The number of carbonyl (C=O) groups excluding carboxylic acids is 1. The SMILES string of the molecule is COC(=O)c1cc(S(=O)(=O)Nc2cccnc2)ccc1C. The first kappa shape index (κ1) is 15.0. The molecule has 6 nitrogen and oxygen atoms in total. The molecule has 0 aliphatic carbocycles. The Labute approximate surface area is 122 Å². The van der Waals surface area contributed by atoms with E-state index in [1.807, 2.05) is 0 Å². The van der Waals surface area contributed by atoms with Crippen molar-refractivity contribution in [3.8, 4) is 0 Å². The highest BCUT2D eigenvalue weighted by atomic mass is 32.2. The topological polar surface area (TPSA) is 85.4 Å². The molecular formula is C14H14N2O4S. The standard InChI is InChI=1S/C14H14N2O4S/c1-10-5-6-12(8-13(10)14(17)20-2)21(18,19)16-11-4-3-7-15-9-11/h3-9,16H,1-2H3. The first-order valence-corrected chi connectivity index (χ1v) is 7.54. The van der Waals surface area contributed by atoms with Crippen molar-refractivity contribution >= 4 is 21.7 Å². The van der Waals surface area contributed by atoms with Gasteiger partial charge in [0.1, 0.15) is 0 Å². The molecule has 0 atom stereocenters. The van der Waals surface area contributed by atoms with Gasteiger partial charge in [-0.15, -0.1) is 0 Å². The van der Waals surface area contributed by atoms with E-state index in [9.17, 15) is 13.2 Å². The number of hydrogen-bond acceptors (Lipinski definition) is 5. The molecule has 1 aromatic carbocycles. The minimum absolute atomic E-state index is 0.0163. The lowest BCUT2D eigenvalue weighted by Crippen LogP contribution is -2.14.